The molecule has 32 heavy (non-hydrogen) atoms. The smallest absolute Gasteiger partial charge is 0.323 e. The molecule has 2 aromatic rings. The van der Waals surface area contributed by atoms with E-state index in [0.29, 0.717) is 5.92 Å². The molecule has 0 radical (unpaired) electrons. The Bertz CT molecular complexity index is 967. The van der Waals surface area contributed by atoms with Gasteiger partial charge in [0.05, 0.1) is 0 Å². The van der Waals surface area contributed by atoms with Gasteiger partial charge in [0, 0.05) is 69.3 Å². The highest BCUT2D eigenvalue weighted by Gasteiger charge is 2.46. The summed E-state index contributed by atoms with van der Waals surface area (Å²) in [6.45, 7) is 8.48. The Kier molecular flexibility index (Phi) is 5.84. The van der Waals surface area contributed by atoms with E-state index >= 15 is 0 Å². The van der Waals surface area contributed by atoms with Crippen LogP contribution in [-0.2, 0) is 11.8 Å². The largest absolute Gasteiger partial charge is 0.347 e. The van der Waals surface area contributed by atoms with Gasteiger partial charge in [-0.1, -0.05) is 25.1 Å². The van der Waals surface area contributed by atoms with Gasteiger partial charge in [-0.3, -0.25) is 4.90 Å². The number of hydrogen-bond acceptors (Lipinski definition) is 6. The number of aromatic nitrogens is 2. The second-order valence-electron chi connectivity index (χ2n) is 9.81. The van der Waals surface area contributed by atoms with Crippen LogP contribution in [0.4, 0.5) is 15.6 Å². The van der Waals surface area contributed by atoms with Crippen molar-refractivity contribution in [1.82, 2.24) is 19.2 Å². The Balaban J connectivity index is 1.21. The molecule has 1 spiro atoms. The Labute approximate surface area is 195 Å². The summed E-state index contributed by atoms with van der Waals surface area (Å²) in [6, 6.07) is 8.63. The predicted molar refractivity (Wildman–Crippen MR) is 130 cm³/mol. The molecule has 7 nitrogen and oxygen atoms in total. The van der Waals surface area contributed by atoms with Gasteiger partial charge in [0.2, 0.25) is 5.13 Å². The second kappa shape index (κ2) is 8.63. The number of urea groups is 1. The third kappa shape index (κ3) is 3.88. The first-order chi connectivity index (χ1) is 15.5. The highest BCUT2D eigenvalue weighted by Crippen LogP contribution is 2.47. The fraction of sp³-hybridized carbons (Fsp3) is 0.625. The van der Waals surface area contributed by atoms with Gasteiger partial charge in [0.25, 0.3) is 0 Å². The van der Waals surface area contributed by atoms with Crippen molar-refractivity contribution in [2.45, 2.75) is 38.0 Å². The number of carbonyl (C=O) groups is 1. The molecule has 0 aliphatic carbocycles. The number of anilines is 2. The van der Waals surface area contributed by atoms with Gasteiger partial charge in [-0.15, -0.1) is 0 Å². The predicted octanol–water partition coefficient (Wildman–Crippen LogP) is 3.46. The van der Waals surface area contributed by atoms with E-state index in [1.54, 1.807) is 16.4 Å². The van der Waals surface area contributed by atoms with Crippen LogP contribution in [0.1, 0.15) is 37.6 Å². The minimum Gasteiger partial charge on any atom is -0.347 e. The SMILES string of the molecule is CCc1nsc(N2CC[C@H](CN3CCC4(CC3)CN(C(=O)N(C)C)c3ccccc34)C2)n1. The first kappa shape index (κ1) is 21.6. The Morgan fingerprint density at radius 2 is 2.00 bits per heavy atom. The summed E-state index contributed by atoms with van der Waals surface area (Å²) >= 11 is 1.55. The number of piperidine rings is 1. The summed E-state index contributed by atoms with van der Waals surface area (Å²) in [7, 11) is 3.68. The number of aryl methyl sites for hydroxylation is 1. The van der Waals surface area contributed by atoms with E-state index in [1.165, 1.54) is 12.0 Å². The lowest BCUT2D eigenvalue weighted by molar-refractivity contribution is 0.148. The van der Waals surface area contributed by atoms with Gasteiger partial charge >= 0.3 is 6.03 Å². The zero-order chi connectivity index (χ0) is 22.3. The molecule has 8 heteroatoms. The molecule has 1 aromatic heterocycles. The van der Waals surface area contributed by atoms with Crippen molar-refractivity contribution in [1.29, 1.82) is 0 Å². The van der Waals surface area contributed by atoms with Gasteiger partial charge < -0.3 is 14.7 Å². The van der Waals surface area contributed by atoms with Crippen LogP contribution in [0.2, 0.25) is 0 Å². The van der Waals surface area contributed by atoms with Crippen molar-refractivity contribution < 1.29 is 4.79 Å². The summed E-state index contributed by atoms with van der Waals surface area (Å²) in [5.74, 6) is 1.66. The highest BCUT2D eigenvalue weighted by molar-refractivity contribution is 7.09. The lowest BCUT2D eigenvalue weighted by Gasteiger charge is -2.40. The van der Waals surface area contributed by atoms with Crippen LogP contribution in [-0.4, -0.2) is 78.6 Å². The molecule has 0 saturated carbocycles. The average molecular weight is 455 g/mol. The van der Waals surface area contributed by atoms with E-state index in [0.717, 1.165) is 75.2 Å². The normalized spacial score (nSPS) is 22.5. The fourth-order valence-electron chi connectivity index (χ4n) is 5.67. The van der Waals surface area contributed by atoms with Crippen LogP contribution in [0.3, 0.4) is 0 Å². The van der Waals surface area contributed by atoms with Crippen molar-refractivity contribution in [3.05, 3.63) is 35.7 Å². The molecule has 1 aromatic carbocycles. The Morgan fingerprint density at radius 1 is 1.22 bits per heavy atom. The van der Waals surface area contributed by atoms with Gasteiger partial charge in [-0.2, -0.15) is 4.37 Å². The monoisotopic (exact) mass is 454 g/mol. The molecule has 5 rings (SSSR count). The second-order valence-corrected chi connectivity index (χ2v) is 10.5. The van der Waals surface area contributed by atoms with E-state index in [1.807, 2.05) is 19.0 Å². The molecule has 0 bridgehead atoms. The number of fused-ring (bicyclic) bond motifs is 2. The Hall–Kier alpha value is -2.19. The molecule has 172 valence electrons. The minimum atomic E-state index is 0.0886. The quantitative estimate of drug-likeness (QED) is 0.708. The lowest BCUT2D eigenvalue weighted by atomic mass is 9.74. The first-order valence-corrected chi connectivity index (χ1v) is 12.6. The maximum atomic E-state index is 12.8. The third-order valence-corrected chi connectivity index (χ3v) is 8.31. The number of benzene rings is 1. The van der Waals surface area contributed by atoms with E-state index in [9.17, 15) is 4.79 Å². The number of carbonyl (C=O) groups excluding carboxylic acids is 1. The van der Waals surface area contributed by atoms with Crippen LogP contribution in [0.5, 0.6) is 0 Å². The lowest BCUT2D eigenvalue weighted by Crippen LogP contribution is -2.48. The molecular weight excluding hydrogens is 420 g/mol. The fourth-order valence-corrected chi connectivity index (χ4v) is 6.46. The molecule has 2 amide bonds. The van der Waals surface area contributed by atoms with Gasteiger partial charge in [-0.05, 0) is 49.9 Å². The zero-order valence-corrected chi connectivity index (χ0v) is 20.3. The van der Waals surface area contributed by atoms with E-state index in [4.69, 9.17) is 0 Å². The van der Waals surface area contributed by atoms with Crippen LogP contribution < -0.4 is 9.80 Å². The van der Waals surface area contributed by atoms with Gasteiger partial charge in [0.1, 0.15) is 5.82 Å². The summed E-state index contributed by atoms with van der Waals surface area (Å²) in [5, 5.41) is 1.09. The molecule has 0 unspecified atom stereocenters. The number of likely N-dealkylation sites (tertiary alicyclic amines) is 1. The van der Waals surface area contributed by atoms with Crippen molar-refractivity contribution in [2.75, 3.05) is 63.2 Å². The number of amides is 2. The van der Waals surface area contributed by atoms with Crippen molar-refractivity contribution in [3.63, 3.8) is 0 Å². The van der Waals surface area contributed by atoms with E-state index in [2.05, 4.69) is 50.3 Å². The standard InChI is InChI=1S/C24H34N6OS/c1-4-21-25-22(32-26-21)29-12-9-18(16-29)15-28-13-10-24(11-14-28)17-30(23(31)27(2)3)20-8-6-5-7-19(20)24/h5-8,18H,4,9-17H2,1-3H3/t18-/m1/s1. The number of hydrogen-bond donors (Lipinski definition) is 0. The molecule has 1 atom stereocenters. The number of nitrogens with zero attached hydrogens (tertiary/aromatic N) is 6. The molecule has 0 N–H and O–H groups in total. The maximum absolute atomic E-state index is 12.8. The van der Waals surface area contributed by atoms with Crippen LogP contribution in [0, 0.1) is 5.92 Å². The number of rotatable bonds is 4. The molecule has 4 heterocycles. The van der Waals surface area contributed by atoms with E-state index < -0.39 is 0 Å². The minimum absolute atomic E-state index is 0.0886. The van der Waals surface area contributed by atoms with Gasteiger partial charge in [0.15, 0.2) is 0 Å². The summed E-state index contributed by atoms with van der Waals surface area (Å²) < 4.78 is 4.46. The number of para-hydroxylation sites is 1. The van der Waals surface area contributed by atoms with Crippen molar-refractivity contribution >= 4 is 28.4 Å². The molecular formula is C24H34N6OS. The van der Waals surface area contributed by atoms with Crippen molar-refractivity contribution in [2.24, 2.45) is 5.92 Å². The van der Waals surface area contributed by atoms with Crippen LogP contribution >= 0.6 is 11.5 Å². The van der Waals surface area contributed by atoms with Crippen LogP contribution in [0.15, 0.2) is 24.3 Å². The van der Waals surface area contributed by atoms with Crippen LogP contribution in [0.25, 0.3) is 0 Å². The summed E-state index contributed by atoms with van der Waals surface area (Å²) in [4.78, 5) is 26.3. The maximum Gasteiger partial charge on any atom is 0.323 e. The van der Waals surface area contributed by atoms with Crippen molar-refractivity contribution in [3.8, 4) is 0 Å². The molecule has 2 saturated heterocycles. The molecule has 2 fully saturated rings. The van der Waals surface area contributed by atoms with Gasteiger partial charge in [-0.25, -0.2) is 9.78 Å². The summed E-state index contributed by atoms with van der Waals surface area (Å²) in [5.41, 5.74) is 2.57. The molecule has 3 aliphatic rings. The molecule has 3 aliphatic heterocycles. The highest BCUT2D eigenvalue weighted by atomic mass is 32.1. The van der Waals surface area contributed by atoms with E-state index in [-0.39, 0.29) is 11.4 Å². The zero-order valence-electron chi connectivity index (χ0n) is 19.5. The third-order valence-electron chi connectivity index (χ3n) is 7.50. The Morgan fingerprint density at radius 3 is 2.72 bits per heavy atom. The topological polar surface area (TPSA) is 55.8 Å². The first-order valence-electron chi connectivity index (χ1n) is 11.9. The average Bonchev–Trinajstić information content (AvgIpc) is 3.53. The summed E-state index contributed by atoms with van der Waals surface area (Å²) in [6.07, 6.45) is 4.38.